The first kappa shape index (κ1) is 14.7. The molecule has 0 aliphatic carbocycles. The van der Waals surface area contributed by atoms with Gasteiger partial charge in [0.05, 0.1) is 19.7 Å². The molecule has 0 spiro atoms. The molecular formula is C14H29N2O+. The van der Waals surface area contributed by atoms with Gasteiger partial charge in [0.15, 0.2) is 5.84 Å². The molecule has 0 aromatic heterocycles. The summed E-state index contributed by atoms with van der Waals surface area (Å²) in [6.07, 6.45) is 7.75. The van der Waals surface area contributed by atoms with Crippen LogP contribution in [0.2, 0.25) is 0 Å². The van der Waals surface area contributed by atoms with Crippen LogP contribution < -0.4 is 0 Å². The fourth-order valence-electron chi connectivity index (χ4n) is 2.78. The summed E-state index contributed by atoms with van der Waals surface area (Å²) in [6, 6.07) is 0. The van der Waals surface area contributed by atoms with Crippen molar-refractivity contribution in [2.24, 2.45) is 4.99 Å². The largest absolute Gasteiger partial charge is 0.390 e. The number of amidine groups is 1. The van der Waals surface area contributed by atoms with Crippen molar-refractivity contribution in [2.45, 2.75) is 52.4 Å². The Kier molecular flexibility index (Phi) is 6.75. The zero-order valence-electron chi connectivity index (χ0n) is 11.6. The second-order valence-electron chi connectivity index (χ2n) is 5.09. The molecule has 100 valence electrons. The van der Waals surface area contributed by atoms with Gasteiger partial charge >= 0.3 is 0 Å². The van der Waals surface area contributed by atoms with Gasteiger partial charge in [-0.05, 0) is 13.3 Å². The predicted molar refractivity (Wildman–Crippen MR) is 73.3 cm³/mol. The van der Waals surface area contributed by atoms with E-state index in [1.54, 1.807) is 0 Å². The van der Waals surface area contributed by atoms with Crippen LogP contribution in [0.15, 0.2) is 4.99 Å². The van der Waals surface area contributed by atoms with Gasteiger partial charge in [-0.3, -0.25) is 4.48 Å². The molecule has 0 amide bonds. The van der Waals surface area contributed by atoms with E-state index in [1.165, 1.54) is 37.9 Å². The van der Waals surface area contributed by atoms with Crippen LogP contribution in [0.1, 0.15) is 52.4 Å². The van der Waals surface area contributed by atoms with Gasteiger partial charge in [0.1, 0.15) is 13.1 Å². The Balaban J connectivity index is 2.35. The molecule has 0 radical (unpaired) electrons. The molecule has 0 saturated heterocycles. The number of rotatable bonds is 9. The molecule has 1 rings (SSSR count). The minimum Gasteiger partial charge on any atom is -0.390 e. The second-order valence-corrected chi connectivity index (χ2v) is 5.09. The summed E-state index contributed by atoms with van der Waals surface area (Å²) < 4.78 is 0.949. The number of aliphatic hydroxyl groups is 1. The number of aliphatic hydroxyl groups excluding tert-OH is 1. The smallest absolute Gasteiger partial charge is 0.198 e. The first-order valence-electron chi connectivity index (χ1n) is 7.30. The van der Waals surface area contributed by atoms with E-state index in [1.807, 2.05) is 0 Å². The van der Waals surface area contributed by atoms with Crippen molar-refractivity contribution in [3.05, 3.63) is 0 Å². The molecule has 0 saturated carbocycles. The highest BCUT2D eigenvalue weighted by Crippen LogP contribution is 2.19. The van der Waals surface area contributed by atoms with Crippen molar-refractivity contribution in [2.75, 3.05) is 32.8 Å². The SMILES string of the molecule is CCCCCCCC1=NCC[N+]1(CC)CCO. The van der Waals surface area contributed by atoms with Crippen LogP contribution in [-0.2, 0) is 0 Å². The normalized spacial score (nSPS) is 24.1. The average Bonchev–Trinajstić information content (AvgIpc) is 2.73. The third-order valence-corrected chi connectivity index (χ3v) is 4.01. The van der Waals surface area contributed by atoms with Crippen LogP contribution >= 0.6 is 0 Å². The van der Waals surface area contributed by atoms with Gasteiger partial charge in [0, 0.05) is 6.42 Å². The van der Waals surface area contributed by atoms with Crippen molar-refractivity contribution in [1.29, 1.82) is 0 Å². The molecule has 0 fully saturated rings. The van der Waals surface area contributed by atoms with Gasteiger partial charge in [-0.15, -0.1) is 0 Å². The molecule has 0 aromatic rings. The molecule has 3 heteroatoms. The van der Waals surface area contributed by atoms with Crippen molar-refractivity contribution in [1.82, 2.24) is 0 Å². The number of unbranched alkanes of at least 4 members (excludes halogenated alkanes) is 4. The van der Waals surface area contributed by atoms with E-state index in [0.717, 1.165) is 37.1 Å². The number of hydrogen-bond donors (Lipinski definition) is 1. The molecule has 1 N–H and O–H groups in total. The van der Waals surface area contributed by atoms with E-state index in [4.69, 9.17) is 0 Å². The number of aliphatic imine (C=N–C) groups is 1. The standard InChI is InChI=1S/C14H29N2O/c1-3-5-6-7-8-9-14-15-10-11-16(14,4-2)12-13-17/h17H,3-13H2,1-2H3/q+1. The summed E-state index contributed by atoms with van der Waals surface area (Å²) in [6.45, 7) is 8.73. The van der Waals surface area contributed by atoms with E-state index >= 15 is 0 Å². The van der Waals surface area contributed by atoms with Crippen molar-refractivity contribution >= 4 is 5.84 Å². The van der Waals surface area contributed by atoms with Gasteiger partial charge in [-0.25, -0.2) is 4.99 Å². The maximum absolute atomic E-state index is 9.21. The predicted octanol–water partition coefficient (Wildman–Crippen LogP) is 2.59. The van der Waals surface area contributed by atoms with Gasteiger partial charge in [-0.1, -0.05) is 32.6 Å². The number of nitrogens with zero attached hydrogens (tertiary/aromatic N) is 2. The Morgan fingerprint density at radius 2 is 1.94 bits per heavy atom. The zero-order chi connectivity index (χ0) is 12.6. The Bertz CT molecular complexity index is 240. The number of hydrogen-bond acceptors (Lipinski definition) is 2. The van der Waals surface area contributed by atoms with Crippen LogP contribution in [0.5, 0.6) is 0 Å². The third-order valence-electron chi connectivity index (χ3n) is 4.01. The maximum atomic E-state index is 9.21. The minimum absolute atomic E-state index is 0.280. The molecular weight excluding hydrogens is 212 g/mol. The van der Waals surface area contributed by atoms with Crippen LogP contribution in [0.25, 0.3) is 0 Å². The van der Waals surface area contributed by atoms with Gasteiger partial charge < -0.3 is 5.11 Å². The summed E-state index contributed by atoms with van der Waals surface area (Å²) in [7, 11) is 0. The summed E-state index contributed by atoms with van der Waals surface area (Å²) >= 11 is 0. The van der Waals surface area contributed by atoms with Crippen molar-refractivity contribution in [3.63, 3.8) is 0 Å². The lowest BCUT2D eigenvalue weighted by Gasteiger charge is -2.33. The summed E-state index contributed by atoms with van der Waals surface area (Å²) in [4.78, 5) is 4.67. The number of quaternary nitrogens is 1. The fraction of sp³-hybridized carbons (Fsp3) is 0.929. The van der Waals surface area contributed by atoms with E-state index in [2.05, 4.69) is 18.8 Å². The van der Waals surface area contributed by atoms with Gasteiger partial charge in [0.25, 0.3) is 0 Å². The van der Waals surface area contributed by atoms with E-state index in [-0.39, 0.29) is 6.61 Å². The highest BCUT2D eigenvalue weighted by molar-refractivity contribution is 5.76. The van der Waals surface area contributed by atoms with Crippen LogP contribution in [0, 0.1) is 0 Å². The summed E-state index contributed by atoms with van der Waals surface area (Å²) in [5.41, 5.74) is 0. The quantitative estimate of drug-likeness (QED) is 0.488. The molecule has 0 aromatic carbocycles. The minimum atomic E-state index is 0.280. The van der Waals surface area contributed by atoms with Crippen molar-refractivity contribution < 1.29 is 9.59 Å². The Morgan fingerprint density at radius 3 is 2.59 bits per heavy atom. The van der Waals surface area contributed by atoms with E-state index in [0.29, 0.717) is 0 Å². The van der Waals surface area contributed by atoms with Gasteiger partial charge in [-0.2, -0.15) is 0 Å². The van der Waals surface area contributed by atoms with E-state index < -0.39 is 0 Å². The molecule has 1 aliphatic rings. The Hall–Kier alpha value is -0.410. The summed E-state index contributed by atoms with van der Waals surface area (Å²) in [5.74, 6) is 1.35. The van der Waals surface area contributed by atoms with Gasteiger partial charge in [0.2, 0.25) is 0 Å². The lowest BCUT2D eigenvalue weighted by atomic mass is 10.1. The van der Waals surface area contributed by atoms with Crippen molar-refractivity contribution in [3.8, 4) is 0 Å². The fourth-order valence-corrected chi connectivity index (χ4v) is 2.78. The lowest BCUT2D eigenvalue weighted by molar-refractivity contribution is -0.835. The highest BCUT2D eigenvalue weighted by Gasteiger charge is 2.35. The molecule has 17 heavy (non-hydrogen) atoms. The maximum Gasteiger partial charge on any atom is 0.198 e. The summed E-state index contributed by atoms with van der Waals surface area (Å²) in [5, 5.41) is 9.21. The van der Waals surface area contributed by atoms with Crippen LogP contribution in [0.3, 0.4) is 0 Å². The third kappa shape index (κ3) is 4.07. The zero-order valence-corrected chi connectivity index (χ0v) is 11.6. The molecule has 0 bridgehead atoms. The average molecular weight is 241 g/mol. The van der Waals surface area contributed by atoms with Crippen LogP contribution in [-0.4, -0.2) is 48.2 Å². The molecule has 1 heterocycles. The second kappa shape index (κ2) is 7.83. The Morgan fingerprint density at radius 1 is 1.18 bits per heavy atom. The molecule has 1 unspecified atom stereocenters. The first-order chi connectivity index (χ1) is 8.29. The lowest BCUT2D eigenvalue weighted by Crippen LogP contribution is -2.52. The molecule has 1 aliphatic heterocycles. The Labute approximate surface area is 106 Å². The van der Waals surface area contributed by atoms with E-state index in [9.17, 15) is 5.11 Å². The molecule has 3 nitrogen and oxygen atoms in total. The monoisotopic (exact) mass is 241 g/mol. The number of likely N-dealkylation sites (N-methyl/N-ethyl adjacent to an activating group) is 1. The highest BCUT2D eigenvalue weighted by atomic mass is 16.3. The van der Waals surface area contributed by atoms with Crippen LogP contribution in [0.4, 0.5) is 0 Å². The topological polar surface area (TPSA) is 32.6 Å². The first-order valence-corrected chi connectivity index (χ1v) is 7.30. The molecule has 1 atom stereocenters.